The van der Waals surface area contributed by atoms with Crippen molar-refractivity contribution in [3.8, 4) is 73.4 Å². The SMILES string of the molecule is N#Cc1cccc2c1-c1ccc(-c3ccc(-c4cc(-c5ccccc5)nc(-c5ccc6ccccc6c5)n4)cc3)cc1C21c2ccccc2-c2ccccc21. The highest BCUT2D eigenvalue weighted by molar-refractivity contribution is 5.97. The molecule has 0 atom stereocenters. The van der Waals surface area contributed by atoms with Gasteiger partial charge in [0.05, 0.1) is 28.4 Å². The first-order chi connectivity index (χ1) is 27.2. The third kappa shape index (κ3) is 4.62. The zero-order valence-electron chi connectivity index (χ0n) is 29.7. The van der Waals surface area contributed by atoms with Crippen LogP contribution in [0, 0.1) is 11.3 Å². The third-order valence-electron chi connectivity index (χ3n) is 11.6. The molecular formula is C52H31N3. The van der Waals surface area contributed by atoms with Gasteiger partial charge in [-0.2, -0.15) is 5.26 Å². The number of rotatable bonds is 4. The molecular weight excluding hydrogens is 667 g/mol. The van der Waals surface area contributed by atoms with Crippen LogP contribution in [0.5, 0.6) is 0 Å². The first-order valence-corrected chi connectivity index (χ1v) is 18.6. The highest BCUT2D eigenvalue weighted by Crippen LogP contribution is 2.63. The summed E-state index contributed by atoms with van der Waals surface area (Å²) in [6.07, 6.45) is 0. The number of fused-ring (bicyclic) bond motifs is 11. The van der Waals surface area contributed by atoms with Crippen LogP contribution in [-0.4, -0.2) is 9.97 Å². The van der Waals surface area contributed by atoms with Gasteiger partial charge in [-0.05, 0) is 85.1 Å². The topological polar surface area (TPSA) is 49.6 Å². The Balaban J connectivity index is 1.05. The van der Waals surface area contributed by atoms with Crippen LogP contribution in [-0.2, 0) is 5.41 Å². The smallest absolute Gasteiger partial charge is 0.160 e. The zero-order valence-corrected chi connectivity index (χ0v) is 29.7. The first-order valence-electron chi connectivity index (χ1n) is 18.6. The van der Waals surface area contributed by atoms with Crippen molar-refractivity contribution in [1.29, 1.82) is 5.26 Å². The molecule has 11 rings (SSSR count). The van der Waals surface area contributed by atoms with Crippen molar-refractivity contribution >= 4 is 10.8 Å². The molecule has 0 N–H and O–H groups in total. The van der Waals surface area contributed by atoms with Crippen molar-refractivity contribution in [3.63, 3.8) is 0 Å². The van der Waals surface area contributed by atoms with Crippen LogP contribution in [0.25, 0.3) is 78.1 Å². The van der Waals surface area contributed by atoms with Crippen LogP contribution in [0.15, 0.2) is 188 Å². The van der Waals surface area contributed by atoms with Crippen LogP contribution >= 0.6 is 0 Å². The molecule has 0 fully saturated rings. The van der Waals surface area contributed by atoms with E-state index in [4.69, 9.17) is 9.97 Å². The van der Waals surface area contributed by atoms with Crippen LogP contribution in [0.1, 0.15) is 27.8 Å². The average Bonchev–Trinajstić information content (AvgIpc) is 3.73. The number of hydrogen-bond donors (Lipinski definition) is 0. The highest BCUT2D eigenvalue weighted by Gasteiger charge is 2.52. The van der Waals surface area contributed by atoms with Crippen molar-refractivity contribution in [2.24, 2.45) is 0 Å². The number of nitrogens with zero attached hydrogens (tertiary/aromatic N) is 3. The van der Waals surface area contributed by atoms with Crippen molar-refractivity contribution in [1.82, 2.24) is 9.97 Å². The van der Waals surface area contributed by atoms with Gasteiger partial charge in [0.25, 0.3) is 0 Å². The fourth-order valence-corrected chi connectivity index (χ4v) is 9.10. The molecule has 0 saturated heterocycles. The predicted octanol–water partition coefficient (Wildman–Crippen LogP) is 12.5. The van der Waals surface area contributed by atoms with E-state index >= 15 is 0 Å². The van der Waals surface area contributed by atoms with Crippen molar-refractivity contribution in [3.05, 3.63) is 216 Å². The normalized spacial score (nSPS) is 12.9. The Bertz CT molecular complexity index is 3000. The molecule has 1 spiro atoms. The van der Waals surface area contributed by atoms with Gasteiger partial charge in [0.2, 0.25) is 0 Å². The van der Waals surface area contributed by atoms with Gasteiger partial charge >= 0.3 is 0 Å². The fourth-order valence-electron chi connectivity index (χ4n) is 9.10. The maximum atomic E-state index is 10.3. The Morgan fingerprint density at radius 2 is 0.964 bits per heavy atom. The molecule has 2 aliphatic carbocycles. The molecule has 1 heterocycles. The second-order valence-corrected chi connectivity index (χ2v) is 14.4. The van der Waals surface area contributed by atoms with Gasteiger partial charge in [-0.1, -0.05) is 164 Å². The lowest BCUT2D eigenvalue weighted by Crippen LogP contribution is -2.25. The minimum absolute atomic E-state index is 0.519. The van der Waals surface area contributed by atoms with Crippen molar-refractivity contribution in [2.45, 2.75) is 5.41 Å². The second-order valence-electron chi connectivity index (χ2n) is 14.4. The van der Waals surface area contributed by atoms with E-state index in [0.29, 0.717) is 11.4 Å². The molecule has 3 nitrogen and oxygen atoms in total. The fraction of sp³-hybridized carbons (Fsp3) is 0.0192. The molecule has 0 aliphatic heterocycles. The molecule has 0 bridgehead atoms. The maximum absolute atomic E-state index is 10.3. The Kier molecular flexibility index (Phi) is 6.83. The van der Waals surface area contributed by atoms with Gasteiger partial charge in [0, 0.05) is 22.3 Å². The van der Waals surface area contributed by atoms with E-state index in [9.17, 15) is 5.26 Å². The van der Waals surface area contributed by atoms with Crippen LogP contribution < -0.4 is 0 Å². The summed E-state index contributed by atoms with van der Waals surface area (Å²) in [4.78, 5) is 10.2. The molecule has 0 saturated carbocycles. The van der Waals surface area contributed by atoms with E-state index in [-0.39, 0.29) is 0 Å². The van der Waals surface area contributed by atoms with Gasteiger partial charge in [0.1, 0.15) is 0 Å². The highest BCUT2D eigenvalue weighted by atomic mass is 14.9. The first kappa shape index (κ1) is 31.1. The van der Waals surface area contributed by atoms with Crippen LogP contribution in [0.3, 0.4) is 0 Å². The summed E-state index contributed by atoms with van der Waals surface area (Å²) < 4.78 is 0. The summed E-state index contributed by atoms with van der Waals surface area (Å²) in [5.41, 5.74) is 16.8. The largest absolute Gasteiger partial charge is 0.228 e. The molecule has 0 radical (unpaired) electrons. The minimum Gasteiger partial charge on any atom is -0.228 e. The van der Waals surface area contributed by atoms with Crippen molar-refractivity contribution in [2.75, 3.05) is 0 Å². The number of hydrogen-bond acceptors (Lipinski definition) is 3. The standard InChI is InChI=1S/C52H31N3/c53-32-40-15-10-20-46-50(40)43-28-27-38(30-47(43)52(46)44-18-8-6-16-41(44)42-17-7-9-19-45(42)52)34-21-24-36(25-22-34)49-31-48(35-12-2-1-3-13-35)54-51(55-49)39-26-23-33-11-4-5-14-37(33)29-39/h1-31H. The zero-order chi connectivity index (χ0) is 36.5. The molecule has 55 heavy (non-hydrogen) atoms. The second kappa shape index (κ2) is 12.1. The van der Waals surface area contributed by atoms with Crippen LogP contribution in [0.2, 0.25) is 0 Å². The van der Waals surface area contributed by atoms with E-state index in [0.717, 1.165) is 55.7 Å². The molecule has 9 aromatic rings. The summed E-state index contributed by atoms with van der Waals surface area (Å²) in [5.74, 6) is 0.698. The minimum atomic E-state index is -0.519. The summed E-state index contributed by atoms with van der Waals surface area (Å²) in [6, 6.07) is 69.0. The Morgan fingerprint density at radius 1 is 0.382 bits per heavy atom. The Hall–Kier alpha value is -7.41. The Labute approximate surface area is 319 Å². The molecule has 1 aromatic heterocycles. The summed E-state index contributed by atoms with van der Waals surface area (Å²) in [5, 5.41) is 12.7. The Morgan fingerprint density at radius 3 is 1.69 bits per heavy atom. The van der Waals surface area contributed by atoms with E-state index in [1.807, 2.05) is 30.3 Å². The number of benzene rings is 8. The lowest BCUT2D eigenvalue weighted by atomic mass is 9.70. The molecule has 0 amide bonds. The molecule has 0 unspecified atom stereocenters. The number of nitriles is 1. The van der Waals surface area contributed by atoms with Gasteiger partial charge in [-0.15, -0.1) is 0 Å². The summed E-state index contributed by atoms with van der Waals surface area (Å²) in [7, 11) is 0. The van der Waals surface area contributed by atoms with Gasteiger partial charge in [-0.25, -0.2) is 9.97 Å². The number of aromatic nitrogens is 2. The van der Waals surface area contributed by atoms with Crippen LogP contribution in [0.4, 0.5) is 0 Å². The van der Waals surface area contributed by atoms with Crippen molar-refractivity contribution < 1.29 is 0 Å². The quantitative estimate of drug-likeness (QED) is 0.184. The monoisotopic (exact) mass is 697 g/mol. The van der Waals surface area contributed by atoms with E-state index in [2.05, 4.69) is 164 Å². The van der Waals surface area contributed by atoms with Gasteiger partial charge in [0.15, 0.2) is 5.82 Å². The van der Waals surface area contributed by atoms with Gasteiger partial charge in [-0.3, -0.25) is 0 Å². The molecule has 8 aromatic carbocycles. The maximum Gasteiger partial charge on any atom is 0.160 e. The molecule has 3 heteroatoms. The summed E-state index contributed by atoms with van der Waals surface area (Å²) in [6.45, 7) is 0. The molecule has 2 aliphatic rings. The lowest BCUT2D eigenvalue weighted by molar-refractivity contribution is 0.794. The third-order valence-corrected chi connectivity index (χ3v) is 11.6. The predicted molar refractivity (Wildman–Crippen MR) is 222 cm³/mol. The van der Waals surface area contributed by atoms with E-state index in [1.165, 1.54) is 38.8 Å². The average molecular weight is 698 g/mol. The summed E-state index contributed by atoms with van der Waals surface area (Å²) >= 11 is 0. The van der Waals surface area contributed by atoms with E-state index in [1.54, 1.807) is 0 Å². The van der Waals surface area contributed by atoms with E-state index < -0.39 is 5.41 Å². The lowest BCUT2D eigenvalue weighted by Gasteiger charge is -2.30. The van der Waals surface area contributed by atoms with Gasteiger partial charge < -0.3 is 0 Å². The molecule has 254 valence electrons.